The first-order chi connectivity index (χ1) is 9.99. The van der Waals surface area contributed by atoms with Crippen LogP contribution in [0, 0.1) is 0 Å². The van der Waals surface area contributed by atoms with Gasteiger partial charge < -0.3 is 4.74 Å². The van der Waals surface area contributed by atoms with Crippen molar-refractivity contribution in [1.29, 1.82) is 0 Å². The van der Waals surface area contributed by atoms with E-state index in [2.05, 4.69) is 9.71 Å². The lowest BCUT2D eigenvalue weighted by Gasteiger charge is -2.15. The highest BCUT2D eigenvalue weighted by molar-refractivity contribution is 7.89. The Balaban J connectivity index is 2.58. The van der Waals surface area contributed by atoms with Crippen LogP contribution in [0.3, 0.4) is 0 Å². The zero-order valence-electron chi connectivity index (χ0n) is 12.5. The van der Waals surface area contributed by atoms with Gasteiger partial charge in [-0.05, 0) is 44.5 Å². The molecule has 0 aliphatic carbocycles. The largest absolute Gasteiger partial charge is 0.492 e. The topological polar surface area (TPSA) is 68.3 Å². The molecule has 1 unspecified atom stereocenters. The number of benzene rings is 1. The number of nitrogens with zero attached hydrogens (tertiary/aromatic N) is 1. The third-order valence-electron chi connectivity index (χ3n) is 3.25. The molecule has 1 atom stereocenters. The summed E-state index contributed by atoms with van der Waals surface area (Å²) < 4.78 is 33.2. The Morgan fingerprint density at radius 1 is 1.29 bits per heavy atom. The molecule has 21 heavy (non-hydrogen) atoms. The van der Waals surface area contributed by atoms with Gasteiger partial charge in [0.1, 0.15) is 11.3 Å². The van der Waals surface area contributed by atoms with E-state index in [9.17, 15) is 8.42 Å². The second-order valence-corrected chi connectivity index (χ2v) is 6.51. The molecular formula is C15H20N2O3S. The van der Waals surface area contributed by atoms with Gasteiger partial charge in [-0.3, -0.25) is 4.98 Å². The van der Waals surface area contributed by atoms with Crippen molar-refractivity contribution in [3.05, 3.63) is 30.5 Å². The molecule has 1 aromatic heterocycles. The molecule has 0 radical (unpaired) electrons. The van der Waals surface area contributed by atoms with Crippen molar-refractivity contribution in [2.75, 3.05) is 6.61 Å². The predicted molar refractivity (Wildman–Crippen MR) is 83.0 cm³/mol. The zero-order chi connectivity index (χ0) is 15.5. The molecule has 0 aliphatic heterocycles. The molecule has 0 fully saturated rings. The molecular weight excluding hydrogens is 288 g/mol. The molecule has 0 saturated carbocycles. The first-order valence-electron chi connectivity index (χ1n) is 7.02. The lowest BCUT2D eigenvalue weighted by atomic mass is 10.2. The van der Waals surface area contributed by atoms with Crippen molar-refractivity contribution in [3.8, 4) is 5.75 Å². The van der Waals surface area contributed by atoms with Gasteiger partial charge in [-0.25, -0.2) is 13.1 Å². The average molecular weight is 308 g/mol. The quantitative estimate of drug-likeness (QED) is 0.891. The van der Waals surface area contributed by atoms with Crippen molar-refractivity contribution in [1.82, 2.24) is 9.71 Å². The maximum Gasteiger partial charge on any atom is 0.241 e. The fourth-order valence-corrected chi connectivity index (χ4v) is 3.56. The fraction of sp³-hybridized carbons (Fsp3) is 0.400. The van der Waals surface area contributed by atoms with Crippen LogP contribution in [0.4, 0.5) is 0 Å². The molecule has 5 nitrogen and oxygen atoms in total. The lowest BCUT2D eigenvalue weighted by molar-refractivity contribution is 0.343. The summed E-state index contributed by atoms with van der Waals surface area (Å²) in [6.07, 6.45) is 2.36. The lowest BCUT2D eigenvalue weighted by Crippen LogP contribution is -2.32. The van der Waals surface area contributed by atoms with Crippen LogP contribution in [0.15, 0.2) is 35.4 Å². The van der Waals surface area contributed by atoms with E-state index in [1.807, 2.05) is 20.8 Å². The third-order valence-corrected chi connectivity index (χ3v) is 4.90. The highest BCUT2D eigenvalue weighted by Crippen LogP contribution is 2.29. The summed E-state index contributed by atoms with van der Waals surface area (Å²) in [5.74, 6) is 0.593. The Kier molecular flexibility index (Phi) is 4.80. The molecule has 0 spiro atoms. The molecule has 1 aromatic carbocycles. The molecule has 0 bridgehead atoms. The van der Waals surface area contributed by atoms with Crippen molar-refractivity contribution in [2.45, 2.75) is 38.1 Å². The number of hydrogen-bond donors (Lipinski definition) is 1. The van der Waals surface area contributed by atoms with Gasteiger partial charge in [-0.2, -0.15) is 0 Å². The van der Waals surface area contributed by atoms with Crippen molar-refractivity contribution >= 4 is 20.9 Å². The molecule has 6 heteroatoms. The third kappa shape index (κ3) is 3.33. The van der Waals surface area contributed by atoms with E-state index in [0.29, 0.717) is 23.3 Å². The zero-order valence-corrected chi connectivity index (χ0v) is 13.3. The number of fused-ring (bicyclic) bond motifs is 1. The predicted octanol–water partition coefficient (Wildman–Crippen LogP) is 2.71. The molecule has 1 N–H and O–H groups in total. The van der Waals surface area contributed by atoms with Gasteiger partial charge in [0, 0.05) is 17.6 Å². The normalized spacial score (nSPS) is 13.3. The van der Waals surface area contributed by atoms with E-state index in [4.69, 9.17) is 4.74 Å². The maximum absolute atomic E-state index is 12.5. The van der Waals surface area contributed by atoms with Crippen molar-refractivity contribution in [3.63, 3.8) is 0 Å². The van der Waals surface area contributed by atoms with E-state index >= 15 is 0 Å². The Labute approximate surface area is 125 Å². The van der Waals surface area contributed by atoms with Crippen molar-refractivity contribution < 1.29 is 13.2 Å². The highest BCUT2D eigenvalue weighted by atomic mass is 32.2. The average Bonchev–Trinajstić information content (AvgIpc) is 2.47. The van der Waals surface area contributed by atoms with Gasteiger partial charge in [0.2, 0.25) is 10.0 Å². The van der Waals surface area contributed by atoms with Gasteiger partial charge in [0.25, 0.3) is 0 Å². The Morgan fingerprint density at radius 3 is 2.71 bits per heavy atom. The molecule has 2 aromatic rings. The van der Waals surface area contributed by atoms with Crippen LogP contribution < -0.4 is 9.46 Å². The van der Waals surface area contributed by atoms with Gasteiger partial charge in [0.05, 0.1) is 11.5 Å². The standard InChI is InChI=1S/C15H20N2O3S/c1-4-11(3)17-21(18,19)14-9-8-13(20-5-2)15-12(14)7-6-10-16-15/h6-11,17H,4-5H2,1-3H3. The van der Waals surface area contributed by atoms with E-state index in [-0.39, 0.29) is 10.9 Å². The minimum Gasteiger partial charge on any atom is -0.492 e. The van der Waals surface area contributed by atoms with Gasteiger partial charge in [-0.15, -0.1) is 0 Å². The summed E-state index contributed by atoms with van der Waals surface area (Å²) in [5, 5.41) is 0.569. The minimum absolute atomic E-state index is 0.117. The van der Waals surface area contributed by atoms with E-state index < -0.39 is 10.0 Å². The Morgan fingerprint density at radius 2 is 2.05 bits per heavy atom. The first-order valence-corrected chi connectivity index (χ1v) is 8.50. The second-order valence-electron chi connectivity index (χ2n) is 4.83. The van der Waals surface area contributed by atoms with Gasteiger partial charge in [0.15, 0.2) is 0 Å². The Bertz CT molecular complexity index is 729. The number of sulfonamides is 1. The smallest absolute Gasteiger partial charge is 0.241 e. The van der Waals surface area contributed by atoms with E-state index in [1.54, 1.807) is 30.5 Å². The van der Waals surface area contributed by atoms with Crippen LogP contribution in [0.5, 0.6) is 5.75 Å². The SMILES string of the molecule is CCOc1ccc(S(=O)(=O)NC(C)CC)c2cccnc12. The van der Waals surface area contributed by atoms with Crippen LogP contribution in [0.25, 0.3) is 10.9 Å². The number of rotatable bonds is 6. The highest BCUT2D eigenvalue weighted by Gasteiger charge is 2.21. The summed E-state index contributed by atoms with van der Waals surface area (Å²) >= 11 is 0. The second kappa shape index (κ2) is 6.41. The molecule has 114 valence electrons. The summed E-state index contributed by atoms with van der Waals surface area (Å²) in [6.45, 7) is 6.16. The molecule has 0 aliphatic rings. The number of nitrogens with one attached hydrogen (secondary N) is 1. The van der Waals surface area contributed by atoms with Crippen LogP contribution in [-0.2, 0) is 10.0 Å². The van der Waals surface area contributed by atoms with Crippen LogP contribution in [-0.4, -0.2) is 26.1 Å². The van der Waals surface area contributed by atoms with Crippen LogP contribution in [0.1, 0.15) is 27.2 Å². The molecule has 2 rings (SSSR count). The van der Waals surface area contributed by atoms with Gasteiger partial charge in [-0.1, -0.05) is 6.92 Å². The summed E-state index contributed by atoms with van der Waals surface area (Å²) in [4.78, 5) is 4.49. The van der Waals surface area contributed by atoms with Crippen LogP contribution >= 0.6 is 0 Å². The van der Waals surface area contributed by atoms with Crippen LogP contribution in [0.2, 0.25) is 0 Å². The maximum atomic E-state index is 12.5. The first kappa shape index (κ1) is 15.7. The number of pyridine rings is 1. The summed E-state index contributed by atoms with van der Waals surface area (Å²) in [5.41, 5.74) is 0.561. The number of ether oxygens (including phenoxy) is 1. The summed E-state index contributed by atoms with van der Waals surface area (Å²) in [7, 11) is -3.58. The summed E-state index contributed by atoms with van der Waals surface area (Å²) in [6, 6.07) is 6.58. The van der Waals surface area contributed by atoms with E-state index in [0.717, 1.165) is 6.42 Å². The minimum atomic E-state index is -3.58. The molecule has 1 heterocycles. The number of aromatic nitrogens is 1. The Hall–Kier alpha value is -1.66. The fourth-order valence-electron chi connectivity index (χ4n) is 2.04. The monoisotopic (exact) mass is 308 g/mol. The van der Waals surface area contributed by atoms with E-state index in [1.165, 1.54) is 0 Å². The number of hydrogen-bond acceptors (Lipinski definition) is 4. The molecule has 0 amide bonds. The van der Waals surface area contributed by atoms with Gasteiger partial charge >= 0.3 is 0 Å². The van der Waals surface area contributed by atoms with Crippen molar-refractivity contribution in [2.24, 2.45) is 0 Å². The molecule has 0 saturated heterocycles.